The molecule has 0 atom stereocenters. The van der Waals surface area contributed by atoms with E-state index in [1.54, 1.807) is 23.5 Å². The second-order valence-electron chi connectivity index (χ2n) is 4.00. The summed E-state index contributed by atoms with van der Waals surface area (Å²) in [5, 5.41) is 13.5. The number of phenolic OH excluding ortho intramolecular Hbond substituents is 1. The van der Waals surface area contributed by atoms with Crippen LogP contribution in [0.1, 0.15) is 27.7 Å². The molecular formula is C18H24N2OS. The van der Waals surface area contributed by atoms with Gasteiger partial charge in [0.25, 0.3) is 0 Å². The fourth-order valence-corrected chi connectivity index (χ4v) is 2.82. The van der Waals surface area contributed by atoms with E-state index in [1.807, 2.05) is 65.1 Å². The normalized spacial score (nSPS) is 9.32. The second-order valence-corrected chi connectivity index (χ2v) is 5.03. The van der Waals surface area contributed by atoms with E-state index < -0.39 is 0 Å². The quantitative estimate of drug-likeness (QED) is 0.631. The molecule has 0 aliphatic heterocycles. The summed E-state index contributed by atoms with van der Waals surface area (Å²) in [7, 11) is 1.90. The van der Waals surface area contributed by atoms with Gasteiger partial charge in [-0.3, -0.25) is 0 Å². The predicted molar refractivity (Wildman–Crippen MR) is 99.0 cm³/mol. The lowest BCUT2D eigenvalue weighted by Gasteiger charge is -2.00. The summed E-state index contributed by atoms with van der Waals surface area (Å²) in [6.07, 6.45) is 0. The lowest BCUT2D eigenvalue weighted by molar-refractivity contribution is 0.476. The number of fused-ring (bicyclic) bond motifs is 1. The minimum absolute atomic E-state index is 0.281. The first kappa shape index (κ1) is 18.0. The van der Waals surface area contributed by atoms with E-state index in [0.29, 0.717) is 0 Å². The molecule has 0 aliphatic carbocycles. The smallest absolute Gasteiger partial charge is 0.124 e. The van der Waals surface area contributed by atoms with Crippen LogP contribution in [0.2, 0.25) is 0 Å². The van der Waals surface area contributed by atoms with E-state index in [4.69, 9.17) is 0 Å². The molecule has 0 saturated heterocycles. The molecule has 1 heterocycles. The van der Waals surface area contributed by atoms with Crippen LogP contribution < -0.4 is 5.32 Å². The maximum absolute atomic E-state index is 9.45. The number of aromatic hydroxyl groups is 1. The van der Waals surface area contributed by atoms with Crippen LogP contribution >= 0.6 is 11.3 Å². The van der Waals surface area contributed by atoms with Crippen molar-refractivity contribution in [2.24, 2.45) is 0 Å². The predicted octanol–water partition coefficient (Wildman–Crippen LogP) is 5.76. The van der Waals surface area contributed by atoms with E-state index >= 15 is 0 Å². The van der Waals surface area contributed by atoms with Gasteiger partial charge in [0, 0.05) is 18.3 Å². The highest BCUT2D eigenvalue weighted by molar-refractivity contribution is 7.21. The largest absolute Gasteiger partial charge is 0.508 e. The Labute approximate surface area is 136 Å². The summed E-state index contributed by atoms with van der Waals surface area (Å²) in [5.74, 6) is 0.281. The lowest BCUT2D eigenvalue weighted by Crippen LogP contribution is -1.86. The third-order valence-electron chi connectivity index (χ3n) is 2.79. The minimum Gasteiger partial charge on any atom is -0.508 e. The Morgan fingerprint density at radius 3 is 2.18 bits per heavy atom. The molecule has 0 bridgehead atoms. The van der Waals surface area contributed by atoms with Crippen molar-refractivity contribution in [3.63, 3.8) is 0 Å². The highest BCUT2D eigenvalue weighted by atomic mass is 32.1. The van der Waals surface area contributed by atoms with Crippen molar-refractivity contribution in [1.29, 1.82) is 0 Å². The van der Waals surface area contributed by atoms with Gasteiger partial charge in [0.15, 0.2) is 0 Å². The number of nitrogens with zero attached hydrogens (tertiary/aromatic N) is 1. The summed E-state index contributed by atoms with van der Waals surface area (Å²) >= 11 is 1.59. The monoisotopic (exact) mass is 316 g/mol. The summed E-state index contributed by atoms with van der Waals surface area (Å²) in [5.41, 5.74) is 3.10. The number of benzene rings is 2. The molecule has 3 rings (SSSR count). The number of nitrogens with one attached hydrogen (secondary N) is 1. The Morgan fingerprint density at radius 1 is 0.955 bits per heavy atom. The number of hydrogen-bond donors (Lipinski definition) is 2. The van der Waals surface area contributed by atoms with Gasteiger partial charge in [-0.1, -0.05) is 27.7 Å². The number of thiazole rings is 1. The van der Waals surface area contributed by atoms with Crippen LogP contribution in [0.3, 0.4) is 0 Å². The van der Waals surface area contributed by atoms with Crippen LogP contribution in [0.5, 0.6) is 5.75 Å². The average Bonchev–Trinajstić information content (AvgIpc) is 3.01. The van der Waals surface area contributed by atoms with Crippen LogP contribution in [0.4, 0.5) is 5.69 Å². The Bertz CT molecular complexity index is 690. The Hall–Kier alpha value is -2.07. The molecule has 0 fully saturated rings. The van der Waals surface area contributed by atoms with Gasteiger partial charge in [0.1, 0.15) is 10.8 Å². The Morgan fingerprint density at radius 2 is 1.59 bits per heavy atom. The van der Waals surface area contributed by atoms with Gasteiger partial charge in [0.2, 0.25) is 0 Å². The van der Waals surface area contributed by atoms with Gasteiger partial charge in [-0.15, -0.1) is 11.3 Å². The third-order valence-corrected chi connectivity index (χ3v) is 3.86. The van der Waals surface area contributed by atoms with E-state index in [2.05, 4.69) is 10.3 Å². The molecule has 0 unspecified atom stereocenters. The van der Waals surface area contributed by atoms with Crippen LogP contribution in [-0.4, -0.2) is 17.1 Å². The van der Waals surface area contributed by atoms with Gasteiger partial charge in [0.05, 0.1) is 10.2 Å². The zero-order valence-electron chi connectivity index (χ0n) is 13.8. The van der Waals surface area contributed by atoms with Crippen LogP contribution in [-0.2, 0) is 0 Å². The number of anilines is 1. The van der Waals surface area contributed by atoms with Crippen molar-refractivity contribution in [2.45, 2.75) is 27.7 Å². The molecule has 3 aromatic rings. The summed E-state index contributed by atoms with van der Waals surface area (Å²) in [4.78, 5) is 4.57. The molecule has 118 valence electrons. The maximum Gasteiger partial charge on any atom is 0.124 e. The molecule has 2 aromatic carbocycles. The topological polar surface area (TPSA) is 45.2 Å². The summed E-state index contributed by atoms with van der Waals surface area (Å²) in [6.45, 7) is 8.00. The van der Waals surface area contributed by atoms with Crippen molar-refractivity contribution in [3.05, 3.63) is 42.5 Å². The van der Waals surface area contributed by atoms with Crippen molar-refractivity contribution in [3.8, 4) is 16.3 Å². The molecule has 0 radical (unpaired) electrons. The van der Waals surface area contributed by atoms with Crippen molar-refractivity contribution in [2.75, 3.05) is 12.4 Å². The highest BCUT2D eigenvalue weighted by Gasteiger charge is 2.06. The van der Waals surface area contributed by atoms with Crippen molar-refractivity contribution >= 4 is 27.2 Å². The van der Waals surface area contributed by atoms with Crippen molar-refractivity contribution in [1.82, 2.24) is 4.98 Å². The molecule has 0 spiro atoms. The molecule has 4 heteroatoms. The van der Waals surface area contributed by atoms with Gasteiger partial charge < -0.3 is 10.4 Å². The number of aromatic nitrogens is 1. The Kier molecular flexibility index (Phi) is 7.40. The number of rotatable bonds is 2. The molecule has 3 nitrogen and oxygen atoms in total. The number of phenols is 1. The maximum atomic E-state index is 9.45. The van der Waals surface area contributed by atoms with Crippen LogP contribution in [0.15, 0.2) is 42.5 Å². The first-order valence-electron chi connectivity index (χ1n) is 7.64. The minimum atomic E-state index is 0.281. The molecule has 2 N–H and O–H groups in total. The first-order chi connectivity index (χ1) is 10.8. The zero-order valence-corrected chi connectivity index (χ0v) is 14.7. The average molecular weight is 316 g/mol. The first-order valence-corrected chi connectivity index (χ1v) is 8.45. The van der Waals surface area contributed by atoms with Gasteiger partial charge in [-0.2, -0.15) is 0 Å². The van der Waals surface area contributed by atoms with Crippen LogP contribution in [0.25, 0.3) is 20.8 Å². The second kappa shape index (κ2) is 9.05. The standard InChI is InChI=1S/C14H12N2OS.2C2H6/c1-15-10-4-2-9(3-5-10)14-16-12-7-6-11(17)8-13(12)18-14;2*1-2/h2-8,15,17H,1H3;2*1-2H3. The fourth-order valence-electron chi connectivity index (χ4n) is 1.82. The molecule has 22 heavy (non-hydrogen) atoms. The van der Waals surface area contributed by atoms with Crippen LogP contribution in [0, 0.1) is 0 Å². The molecule has 0 amide bonds. The fraction of sp³-hybridized carbons (Fsp3) is 0.278. The van der Waals surface area contributed by atoms with Gasteiger partial charge in [-0.25, -0.2) is 4.98 Å². The van der Waals surface area contributed by atoms with E-state index in [1.165, 1.54) is 0 Å². The third kappa shape index (κ3) is 4.21. The SMILES string of the molecule is CC.CC.CNc1ccc(-c2nc3ccc(O)cc3s2)cc1. The Balaban J connectivity index is 0.000000561. The van der Waals surface area contributed by atoms with Crippen molar-refractivity contribution < 1.29 is 5.11 Å². The van der Waals surface area contributed by atoms with E-state index in [-0.39, 0.29) is 5.75 Å². The molecule has 1 aromatic heterocycles. The number of hydrogen-bond acceptors (Lipinski definition) is 4. The molecule has 0 saturated carbocycles. The molecular weight excluding hydrogens is 292 g/mol. The lowest BCUT2D eigenvalue weighted by atomic mass is 10.2. The van der Waals surface area contributed by atoms with Gasteiger partial charge >= 0.3 is 0 Å². The zero-order chi connectivity index (χ0) is 16.5. The summed E-state index contributed by atoms with van der Waals surface area (Å²) < 4.78 is 1.00. The van der Waals surface area contributed by atoms with E-state index in [9.17, 15) is 5.11 Å². The van der Waals surface area contributed by atoms with Gasteiger partial charge in [-0.05, 0) is 42.5 Å². The molecule has 0 aliphatic rings. The summed E-state index contributed by atoms with van der Waals surface area (Å²) in [6, 6.07) is 13.4. The highest BCUT2D eigenvalue weighted by Crippen LogP contribution is 2.32. The van der Waals surface area contributed by atoms with E-state index in [0.717, 1.165) is 26.5 Å².